The summed E-state index contributed by atoms with van der Waals surface area (Å²) in [4.78, 5) is 11.7. The van der Waals surface area contributed by atoms with Crippen LogP contribution < -0.4 is 5.32 Å². The predicted molar refractivity (Wildman–Crippen MR) is 111 cm³/mol. The Morgan fingerprint density at radius 2 is 2.00 bits per heavy atom. The van der Waals surface area contributed by atoms with Gasteiger partial charge in [0.1, 0.15) is 0 Å². The van der Waals surface area contributed by atoms with Gasteiger partial charge in [-0.05, 0) is 44.9 Å². The highest BCUT2D eigenvalue weighted by atomic mass is 32.2. The first-order valence-corrected chi connectivity index (χ1v) is 12.2. The zero-order valence-electron chi connectivity index (χ0n) is 17.3. The van der Waals surface area contributed by atoms with Gasteiger partial charge in [0.05, 0.1) is 24.1 Å². The van der Waals surface area contributed by atoms with Crippen molar-refractivity contribution in [3.05, 3.63) is 12.2 Å². The van der Waals surface area contributed by atoms with E-state index < -0.39 is 34.0 Å². The van der Waals surface area contributed by atoms with E-state index in [1.165, 1.54) is 25.7 Å². The first-order valence-electron chi connectivity index (χ1n) is 10.6. The van der Waals surface area contributed by atoms with Crippen LogP contribution in [0.25, 0.3) is 0 Å². The lowest BCUT2D eigenvalue weighted by Gasteiger charge is -2.28. The highest BCUT2D eigenvalue weighted by Crippen LogP contribution is 2.24. The molecule has 1 amide bonds. The Balaban J connectivity index is 2.21. The van der Waals surface area contributed by atoms with Crippen LogP contribution in [0.15, 0.2) is 12.2 Å². The van der Waals surface area contributed by atoms with Gasteiger partial charge in [-0.2, -0.15) is 8.42 Å². The number of hydrogen-bond acceptors (Lipinski definition) is 6. The minimum Gasteiger partial charge on any atom is -0.390 e. The third-order valence-electron chi connectivity index (χ3n) is 5.03. The first kappa shape index (κ1) is 26.0. The van der Waals surface area contributed by atoms with E-state index in [0.29, 0.717) is 18.9 Å². The van der Waals surface area contributed by atoms with Gasteiger partial charge in [-0.1, -0.05) is 38.3 Å². The van der Waals surface area contributed by atoms with Crippen LogP contribution in [0.4, 0.5) is 0 Å². The van der Waals surface area contributed by atoms with Crippen LogP contribution in [0.1, 0.15) is 71.1 Å². The number of amides is 1. The highest BCUT2D eigenvalue weighted by molar-refractivity contribution is 7.85. The van der Waals surface area contributed by atoms with Gasteiger partial charge >= 0.3 is 0 Å². The number of hydrogen-bond donors (Lipinski definition) is 4. The molecule has 0 aromatic rings. The molecule has 1 heterocycles. The Morgan fingerprint density at radius 3 is 2.69 bits per heavy atom. The molecule has 4 N–H and O–H groups in total. The Bertz CT molecular complexity index is 594. The number of carbonyl (C=O) groups excluding carboxylic acids is 1. The summed E-state index contributed by atoms with van der Waals surface area (Å²) in [5.74, 6) is -1.50. The molecule has 29 heavy (non-hydrogen) atoms. The maximum absolute atomic E-state index is 11.7. The average molecular weight is 436 g/mol. The summed E-state index contributed by atoms with van der Waals surface area (Å²) in [6.45, 7) is 1.87. The third-order valence-corrected chi connectivity index (χ3v) is 5.75. The van der Waals surface area contributed by atoms with Gasteiger partial charge < -0.3 is 20.3 Å². The molecular formula is C20H37NO7S. The number of aliphatic hydroxyl groups is 2. The summed E-state index contributed by atoms with van der Waals surface area (Å²) < 4.78 is 35.9. The number of unbranched alkanes of at least 4 members (excludes halogenated alkanes) is 3. The molecule has 0 radical (unpaired) electrons. The third kappa shape index (κ3) is 12.3. The van der Waals surface area contributed by atoms with Crippen molar-refractivity contribution < 1.29 is 32.7 Å². The number of aliphatic hydroxyl groups excluding tert-OH is 2. The van der Waals surface area contributed by atoms with E-state index in [4.69, 9.17) is 9.29 Å². The standard InChI is InChI=1S/C20H37NO7S/c1-2-3-5-9-16-11-8-12-17(28-16)10-6-4-7-13-18(22)19(23)20(24)21-14-15-29(25,26)27/h6,10,16-19,22-23H,2-5,7-9,11-15H2,1H3,(H,21,24)(H,25,26,27)/b10-6+. The Morgan fingerprint density at radius 1 is 1.24 bits per heavy atom. The molecule has 0 bridgehead atoms. The summed E-state index contributed by atoms with van der Waals surface area (Å²) in [5, 5.41) is 21.9. The van der Waals surface area contributed by atoms with Gasteiger partial charge in [-0.15, -0.1) is 0 Å². The fourth-order valence-corrected chi connectivity index (χ4v) is 3.70. The molecule has 0 saturated carbocycles. The molecule has 8 nitrogen and oxygen atoms in total. The zero-order chi connectivity index (χ0) is 21.7. The largest absolute Gasteiger partial charge is 0.390 e. The van der Waals surface area contributed by atoms with Gasteiger partial charge in [0.2, 0.25) is 0 Å². The molecule has 170 valence electrons. The average Bonchev–Trinajstić information content (AvgIpc) is 2.66. The Kier molecular flexibility index (Phi) is 12.6. The number of nitrogens with one attached hydrogen (secondary N) is 1. The molecule has 0 aromatic heterocycles. The monoisotopic (exact) mass is 435 g/mol. The first-order chi connectivity index (χ1) is 13.7. The van der Waals surface area contributed by atoms with Gasteiger partial charge in [-0.3, -0.25) is 9.35 Å². The quantitative estimate of drug-likeness (QED) is 0.186. The molecule has 4 unspecified atom stereocenters. The summed E-state index contributed by atoms with van der Waals surface area (Å²) >= 11 is 0. The van der Waals surface area contributed by atoms with Crippen LogP contribution >= 0.6 is 0 Å². The van der Waals surface area contributed by atoms with E-state index in [-0.39, 0.29) is 19.1 Å². The molecule has 0 aromatic carbocycles. The van der Waals surface area contributed by atoms with E-state index in [0.717, 1.165) is 19.3 Å². The van der Waals surface area contributed by atoms with E-state index >= 15 is 0 Å². The van der Waals surface area contributed by atoms with Crippen molar-refractivity contribution in [3.63, 3.8) is 0 Å². The fourth-order valence-electron chi connectivity index (χ4n) is 3.34. The smallest absolute Gasteiger partial charge is 0.266 e. The summed E-state index contributed by atoms with van der Waals surface area (Å²) in [6.07, 6.45) is 11.3. The summed E-state index contributed by atoms with van der Waals surface area (Å²) in [5.41, 5.74) is 0. The van der Waals surface area contributed by atoms with E-state index in [2.05, 4.69) is 18.3 Å². The molecular weight excluding hydrogens is 398 g/mol. The maximum atomic E-state index is 11.7. The van der Waals surface area contributed by atoms with Crippen LogP contribution in [0.3, 0.4) is 0 Å². The van der Waals surface area contributed by atoms with Crippen molar-refractivity contribution in [1.82, 2.24) is 5.32 Å². The molecule has 1 rings (SSSR count). The van der Waals surface area contributed by atoms with Crippen LogP contribution in [-0.2, 0) is 19.6 Å². The Labute approximate surface area is 174 Å². The summed E-state index contributed by atoms with van der Waals surface area (Å²) in [6, 6.07) is 0. The topological polar surface area (TPSA) is 133 Å². The molecule has 0 aliphatic carbocycles. The molecule has 1 aliphatic heterocycles. The number of rotatable bonds is 14. The lowest BCUT2D eigenvalue weighted by atomic mass is 9.99. The van der Waals surface area contributed by atoms with Crippen LogP contribution in [-0.4, -0.2) is 65.8 Å². The van der Waals surface area contributed by atoms with Crippen molar-refractivity contribution in [2.45, 2.75) is 95.5 Å². The van der Waals surface area contributed by atoms with E-state index in [1.807, 2.05) is 6.08 Å². The Hall–Kier alpha value is -1.00. The van der Waals surface area contributed by atoms with Crippen molar-refractivity contribution in [2.24, 2.45) is 0 Å². The van der Waals surface area contributed by atoms with Crippen molar-refractivity contribution in [1.29, 1.82) is 0 Å². The molecule has 1 saturated heterocycles. The van der Waals surface area contributed by atoms with Crippen LogP contribution in [0.2, 0.25) is 0 Å². The lowest BCUT2D eigenvalue weighted by molar-refractivity contribution is -0.135. The van der Waals surface area contributed by atoms with Crippen molar-refractivity contribution in [2.75, 3.05) is 12.3 Å². The predicted octanol–water partition coefficient (Wildman–Crippen LogP) is 1.96. The lowest BCUT2D eigenvalue weighted by Crippen LogP contribution is -2.43. The number of allylic oxidation sites excluding steroid dienone is 1. The van der Waals surface area contributed by atoms with Crippen LogP contribution in [0, 0.1) is 0 Å². The van der Waals surface area contributed by atoms with Gasteiger partial charge in [0.15, 0.2) is 6.10 Å². The normalized spacial score (nSPS) is 22.5. The summed E-state index contributed by atoms with van der Waals surface area (Å²) in [7, 11) is -4.18. The second-order valence-electron chi connectivity index (χ2n) is 7.67. The van der Waals surface area contributed by atoms with Gasteiger partial charge in [0.25, 0.3) is 16.0 Å². The fraction of sp³-hybridized carbons (Fsp3) is 0.850. The molecule has 0 spiro atoms. The number of carbonyl (C=O) groups is 1. The van der Waals surface area contributed by atoms with Gasteiger partial charge in [-0.25, -0.2) is 0 Å². The second-order valence-corrected chi connectivity index (χ2v) is 9.24. The highest BCUT2D eigenvalue weighted by Gasteiger charge is 2.24. The second kappa shape index (κ2) is 14.1. The molecule has 9 heteroatoms. The van der Waals surface area contributed by atoms with Crippen molar-refractivity contribution in [3.8, 4) is 0 Å². The molecule has 1 fully saturated rings. The van der Waals surface area contributed by atoms with Crippen molar-refractivity contribution >= 4 is 16.0 Å². The number of ether oxygens (including phenoxy) is 1. The maximum Gasteiger partial charge on any atom is 0.266 e. The van der Waals surface area contributed by atoms with Crippen LogP contribution in [0.5, 0.6) is 0 Å². The zero-order valence-corrected chi connectivity index (χ0v) is 18.1. The minimum atomic E-state index is -4.18. The minimum absolute atomic E-state index is 0.138. The van der Waals surface area contributed by atoms with Gasteiger partial charge in [0, 0.05) is 6.54 Å². The van der Waals surface area contributed by atoms with E-state index in [9.17, 15) is 23.4 Å². The molecule has 1 aliphatic rings. The molecule has 4 atom stereocenters. The SMILES string of the molecule is CCCCCC1CCCC(/C=C/CCCC(O)C(O)C(=O)NCCS(=O)(=O)O)O1. The van der Waals surface area contributed by atoms with E-state index in [1.54, 1.807) is 0 Å².